The van der Waals surface area contributed by atoms with Crippen LogP contribution in [0.5, 0.6) is 5.75 Å². The van der Waals surface area contributed by atoms with Crippen molar-refractivity contribution in [3.63, 3.8) is 0 Å². The largest absolute Gasteiger partial charge is 0.484 e. The summed E-state index contributed by atoms with van der Waals surface area (Å²) in [5, 5.41) is 5.98. The Morgan fingerprint density at radius 2 is 1.59 bits per heavy atom. The molecule has 1 atom stereocenters. The van der Waals surface area contributed by atoms with Crippen LogP contribution in [0.4, 0.5) is 11.4 Å². The minimum atomic E-state index is -0.279. The first-order valence-corrected chi connectivity index (χ1v) is 11.8. The molecule has 0 radical (unpaired) electrons. The van der Waals surface area contributed by atoms with E-state index in [1.165, 1.54) is 6.42 Å². The Bertz CT molecular complexity index is 1100. The fourth-order valence-corrected chi connectivity index (χ4v) is 4.17. The van der Waals surface area contributed by atoms with E-state index in [-0.39, 0.29) is 24.5 Å². The highest BCUT2D eigenvalue weighted by atomic mass is 16.5. The fraction of sp³-hybridized carbons (Fsp3) is 0.286. The molecule has 34 heavy (non-hydrogen) atoms. The summed E-state index contributed by atoms with van der Waals surface area (Å²) in [5.74, 6) is 0.195. The smallest absolute Gasteiger partial charge is 0.262 e. The third kappa shape index (κ3) is 6.16. The first-order valence-electron chi connectivity index (χ1n) is 11.8. The number of nitrogens with one attached hydrogen (secondary N) is 2. The molecule has 0 aliphatic carbocycles. The molecule has 6 nitrogen and oxygen atoms in total. The number of piperidine rings is 1. The highest BCUT2D eigenvalue weighted by molar-refractivity contribution is 6.02. The van der Waals surface area contributed by atoms with Crippen LogP contribution in [0.2, 0.25) is 0 Å². The lowest BCUT2D eigenvalue weighted by atomic mass is 10.0. The summed E-state index contributed by atoms with van der Waals surface area (Å²) in [7, 11) is 0. The number of carbonyl (C=O) groups excluding carboxylic acids is 2. The Hall–Kier alpha value is -3.80. The third-order valence-corrected chi connectivity index (χ3v) is 5.98. The minimum absolute atomic E-state index is 0.107. The Balaban J connectivity index is 1.50. The van der Waals surface area contributed by atoms with Gasteiger partial charge in [0, 0.05) is 24.5 Å². The number of hydrogen-bond donors (Lipinski definition) is 2. The number of benzene rings is 3. The molecule has 0 aromatic heterocycles. The van der Waals surface area contributed by atoms with Gasteiger partial charge in [0.1, 0.15) is 5.75 Å². The molecule has 4 rings (SSSR count). The van der Waals surface area contributed by atoms with Crippen LogP contribution >= 0.6 is 0 Å². The van der Waals surface area contributed by atoms with E-state index in [4.69, 9.17) is 4.74 Å². The van der Waals surface area contributed by atoms with Crippen LogP contribution in [0.25, 0.3) is 0 Å². The zero-order valence-corrected chi connectivity index (χ0v) is 19.5. The lowest BCUT2D eigenvalue weighted by Crippen LogP contribution is -2.33. The Labute approximate surface area is 200 Å². The van der Waals surface area contributed by atoms with E-state index in [2.05, 4.69) is 15.5 Å². The molecule has 6 heteroatoms. The van der Waals surface area contributed by atoms with Gasteiger partial charge in [-0.2, -0.15) is 0 Å². The summed E-state index contributed by atoms with van der Waals surface area (Å²) in [4.78, 5) is 28.1. The van der Waals surface area contributed by atoms with Gasteiger partial charge < -0.3 is 20.3 Å². The Kier molecular flexibility index (Phi) is 7.81. The number of anilines is 2. The van der Waals surface area contributed by atoms with Crippen LogP contribution in [0.15, 0.2) is 78.9 Å². The van der Waals surface area contributed by atoms with Crippen molar-refractivity contribution in [1.29, 1.82) is 0 Å². The van der Waals surface area contributed by atoms with Crippen molar-refractivity contribution in [2.75, 3.05) is 29.9 Å². The average Bonchev–Trinajstić information content (AvgIpc) is 2.89. The predicted molar refractivity (Wildman–Crippen MR) is 135 cm³/mol. The van der Waals surface area contributed by atoms with Crippen LogP contribution in [-0.2, 0) is 4.79 Å². The number of rotatable bonds is 8. The molecule has 2 amide bonds. The van der Waals surface area contributed by atoms with Gasteiger partial charge >= 0.3 is 0 Å². The predicted octanol–water partition coefficient (Wildman–Crippen LogP) is 5.19. The number of para-hydroxylation sites is 1. The molecular weight excluding hydrogens is 426 g/mol. The highest BCUT2D eigenvalue weighted by Crippen LogP contribution is 2.28. The topological polar surface area (TPSA) is 70.7 Å². The fourth-order valence-electron chi connectivity index (χ4n) is 4.17. The summed E-state index contributed by atoms with van der Waals surface area (Å²) in [6.45, 7) is 3.71. The van der Waals surface area contributed by atoms with Crippen molar-refractivity contribution in [2.45, 2.75) is 32.2 Å². The first kappa shape index (κ1) is 23.4. The van der Waals surface area contributed by atoms with E-state index in [1.807, 2.05) is 67.6 Å². The Morgan fingerprint density at radius 1 is 0.912 bits per heavy atom. The zero-order chi connectivity index (χ0) is 23.8. The van der Waals surface area contributed by atoms with Crippen molar-refractivity contribution in [2.24, 2.45) is 0 Å². The standard InChI is InChI=1S/C28H31N3O3/c1-21(22-11-5-2-6-12-22)29-28(33)25-19-23(15-16-26(25)31-17-9-4-10-18-31)30-27(32)20-34-24-13-7-3-8-14-24/h2-3,5-8,11-16,19,21H,4,9-10,17-18,20H2,1H3,(H,29,33)(H,30,32). The molecule has 0 saturated carbocycles. The number of hydrogen-bond acceptors (Lipinski definition) is 4. The lowest BCUT2D eigenvalue weighted by molar-refractivity contribution is -0.118. The minimum Gasteiger partial charge on any atom is -0.484 e. The van der Waals surface area contributed by atoms with Crippen LogP contribution in [0.3, 0.4) is 0 Å². The van der Waals surface area contributed by atoms with Crippen LogP contribution in [0.1, 0.15) is 48.1 Å². The van der Waals surface area contributed by atoms with Gasteiger partial charge in [-0.05, 0) is 62.1 Å². The SMILES string of the molecule is CC(NC(=O)c1cc(NC(=O)COc2ccccc2)ccc1N1CCCCC1)c1ccccc1. The molecule has 3 aromatic carbocycles. The molecule has 176 valence electrons. The summed E-state index contributed by atoms with van der Waals surface area (Å²) >= 11 is 0. The van der Waals surface area contributed by atoms with Gasteiger partial charge in [0.15, 0.2) is 6.61 Å². The van der Waals surface area contributed by atoms with Gasteiger partial charge in [0.25, 0.3) is 11.8 Å². The molecule has 0 bridgehead atoms. The van der Waals surface area contributed by atoms with Crippen LogP contribution in [0, 0.1) is 0 Å². The zero-order valence-electron chi connectivity index (χ0n) is 19.5. The van der Waals surface area contributed by atoms with Crippen LogP contribution < -0.4 is 20.3 Å². The molecule has 2 N–H and O–H groups in total. The quantitative estimate of drug-likeness (QED) is 0.489. The van der Waals surface area contributed by atoms with Crippen molar-refractivity contribution < 1.29 is 14.3 Å². The van der Waals surface area contributed by atoms with E-state index in [0.29, 0.717) is 17.0 Å². The van der Waals surface area contributed by atoms with Gasteiger partial charge in [0.2, 0.25) is 0 Å². The monoisotopic (exact) mass is 457 g/mol. The lowest BCUT2D eigenvalue weighted by Gasteiger charge is -2.31. The van der Waals surface area contributed by atoms with E-state index in [0.717, 1.165) is 37.2 Å². The maximum atomic E-state index is 13.4. The maximum Gasteiger partial charge on any atom is 0.262 e. The second-order valence-corrected chi connectivity index (χ2v) is 8.54. The second kappa shape index (κ2) is 11.4. The van der Waals surface area contributed by atoms with Crippen molar-refractivity contribution in [1.82, 2.24) is 5.32 Å². The molecule has 1 heterocycles. The third-order valence-electron chi connectivity index (χ3n) is 5.98. The van der Waals surface area contributed by atoms with E-state index >= 15 is 0 Å². The normalized spacial score (nSPS) is 14.2. The van der Waals surface area contributed by atoms with Crippen molar-refractivity contribution in [3.05, 3.63) is 90.0 Å². The molecule has 3 aromatic rings. The summed E-state index contributed by atoms with van der Waals surface area (Å²) in [6, 6.07) is 24.5. The van der Waals surface area contributed by atoms with E-state index in [9.17, 15) is 9.59 Å². The maximum absolute atomic E-state index is 13.4. The highest BCUT2D eigenvalue weighted by Gasteiger charge is 2.21. The molecule has 1 fully saturated rings. The summed E-state index contributed by atoms with van der Waals surface area (Å²) in [6.07, 6.45) is 3.42. The molecule has 1 unspecified atom stereocenters. The molecular formula is C28H31N3O3. The van der Waals surface area contributed by atoms with Crippen molar-refractivity contribution in [3.8, 4) is 5.75 Å². The summed E-state index contributed by atoms with van der Waals surface area (Å²) in [5.41, 5.74) is 3.07. The van der Waals surface area contributed by atoms with Crippen molar-refractivity contribution >= 4 is 23.2 Å². The number of amides is 2. The molecule has 1 aliphatic heterocycles. The van der Waals surface area contributed by atoms with Gasteiger partial charge in [-0.25, -0.2) is 0 Å². The van der Waals surface area contributed by atoms with Gasteiger partial charge in [-0.15, -0.1) is 0 Å². The second-order valence-electron chi connectivity index (χ2n) is 8.54. The number of nitrogens with zero attached hydrogens (tertiary/aromatic N) is 1. The average molecular weight is 458 g/mol. The molecule has 1 aliphatic rings. The van der Waals surface area contributed by atoms with Gasteiger partial charge in [-0.1, -0.05) is 48.5 Å². The van der Waals surface area contributed by atoms with Gasteiger partial charge in [-0.3, -0.25) is 9.59 Å². The number of carbonyl (C=O) groups is 2. The first-order chi connectivity index (χ1) is 16.6. The molecule has 1 saturated heterocycles. The van der Waals surface area contributed by atoms with Gasteiger partial charge in [0.05, 0.1) is 11.6 Å². The molecule has 0 spiro atoms. The van der Waals surface area contributed by atoms with Crippen LogP contribution in [-0.4, -0.2) is 31.5 Å². The van der Waals surface area contributed by atoms with E-state index in [1.54, 1.807) is 18.2 Å². The summed E-state index contributed by atoms with van der Waals surface area (Å²) < 4.78 is 5.54. The number of ether oxygens (including phenoxy) is 1. The van der Waals surface area contributed by atoms with E-state index < -0.39 is 0 Å². The Morgan fingerprint density at radius 3 is 2.29 bits per heavy atom.